The van der Waals surface area contributed by atoms with Crippen LogP contribution in [0, 0.1) is 11.8 Å². The summed E-state index contributed by atoms with van der Waals surface area (Å²) in [5.41, 5.74) is 2.57. The Balaban J connectivity index is 1.95. The second-order valence-corrected chi connectivity index (χ2v) is 5.99. The summed E-state index contributed by atoms with van der Waals surface area (Å²) in [7, 11) is 0. The van der Waals surface area contributed by atoms with Gasteiger partial charge in [-0.1, -0.05) is 42.2 Å². The molecule has 0 aliphatic carbocycles. The first-order valence-electron chi connectivity index (χ1n) is 8.51. The van der Waals surface area contributed by atoms with Crippen molar-refractivity contribution in [2.45, 2.75) is 25.6 Å². The predicted molar refractivity (Wildman–Crippen MR) is 102 cm³/mol. The van der Waals surface area contributed by atoms with Gasteiger partial charge in [0.1, 0.15) is 12.6 Å². The van der Waals surface area contributed by atoms with Gasteiger partial charge in [0.2, 0.25) is 0 Å². The van der Waals surface area contributed by atoms with Gasteiger partial charge in [-0.15, -0.1) is 0 Å². The third kappa shape index (κ3) is 6.59. The summed E-state index contributed by atoms with van der Waals surface area (Å²) in [6.07, 6.45) is -1.10. The highest BCUT2D eigenvalue weighted by atomic mass is 16.3. The number of hydrogen-bond donors (Lipinski definition) is 4. The average molecular weight is 366 g/mol. The van der Waals surface area contributed by atoms with Crippen molar-refractivity contribution < 1.29 is 19.8 Å². The van der Waals surface area contributed by atoms with E-state index in [2.05, 4.69) is 22.5 Å². The van der Waals surface area contributed by atoms with E-state index < -0.39 is 30.6 Å². The monoisotopic (exact) mass is 366 g/mol. The van der Waals surface area contributed by atoms with E-state index in [-0.39, 0.29) is 6.54 Å². The highest BCUT2D eigenvalue weighted by Crippen LogP contribution is 2.05. The molecule has 0 saturated carbocycles. The predicted octanol–water partition coefficient (Wildman–Crippen LogP) is 1.20. The first-order chi connectivity index (χ1) is 13.0. The fourth-order valence-corrected chi connectivity index (χ4v) is 2.37. The minimum atomic E-state index is -1.15. The average Bonchev–Trinajstić information content (AvgIpc) is 2.69. The van der Waals surface area contributed by atoms with E-state index in [1.165, 1.54) is 6.92 Å². The number of urea groups is 1. The van der Waals surface area contributed by atoms with Gasteiger partial charge in [-0.3, -0.25) is 4.79 Å². The van der Waals surface area contributed by atoms with Gasteiger partial charge >= 0.3 is 6.03 Å². The molecule has 2 rings (SSSR count). The highest BCUT2D eigenvalue weighted by Gasteiger charge is 2.24. The SMILES string of the molecule is C[C@@H](O)[C@H](NC(=O)NCc1cccc(C#Cc2ccccc2)c1)C(=O)CO. The van der Waals surface area contributed by atoms with Crippen LogP contribution in [-0.2, 0) is 11.3 Å². The molecule has 0 aliphatic rings. The van der Waals surface area contributed by atoms with Crippen molar-refractivity contribution in [3.05, 3.63) is 71.3 Å². The fraction of sp³-hybridized carbons (Fsp3) is 0.238. The molecule has 0 fully saturated rings. The van der Waals surface area contributed by atoms with Crippen LogP contribution in [0.5, 0.6) is 0 Å². The zero-order valence-corrected chi connectivity index (χ0v) is 15.0. The third-order valence-corrected chi connectivity index (χ3v) is 3.78. The van der Waals surface area contributed by atoms with Crippen LogP contribution >= 0.6 is 0 Å². The largest absolute Gasteiger partial charge is 0.391 e. The smallest absolute Gasteiger partial charge is 0.315 e. The van der Waals surface area contributed by atoms with Gasteiger partial charge in [0.25, 0.3) is 0 Å². The molecule has 6 nitrogen and oxygen atoms in total. The molecule has 0 aliphatic heterocycles. The topological polar surface area (TPSA) is 98.7 Å². The van der Waals surface area contributed by atoms with E-state index in [1.807, 2.05) is 54.6 Å². The van der Waals surface area contributed by atoms with Crippen molar-refractivity contribution >= 4 is 11.8 Å². The normalized spacial score (nSPS) is 12.3. The minimum Gasteiger partial charge on any atom is -0.391 e. The minimum absolute atomic E-state index is 0.229. The number of benzene rings is 2. The van der Waals surface area contributed by atoms with Gasteiger partial charge in [0.15, 0.2) is 5.78 Å². The standard InChI is InChI=1S/C21H22N2O4/c1-15(25)20(19(26)14-24)23-21(27)22-13-18-9-5-8-17(12-18)11-10-16-6-3-2-4-7-16/h2-9,12,15,20,24-25H,13-14H2,1H3,(H2,22,23,27)/t15-,20+/m1/s1. The van der Waals surface area contributed by atoms with Gasteiger partial charge in [0.05, 0.1) is 6.10 Å². The number of ketones is 1. The maximum atomic E-state index is 12.0. The Bertz CT molecular complexity index is 838. The van der Waals surface area contributed by atoms with Crippen molar-refractivity contribution in [2.24, 2.45) is 0 Å². The van der Waals surface area contributed by atoms with Gasteiger partial charge in [-0.2, -0.15) is 0 Å². The van der Waals surface area contributed by atoms with Crippen LogP contribution in [0.15, 0.2) is 54.6 Å². The van der Waals surface area contributed by atoms with Gasteiger partial charge in [0, 0.05) is 17.7 Å². The van der Waals surface area contributed by atoms with E-state index in [4.69, 9.17) is 5.11 Å². The molecule has 0 spiro atoms. The number of rotatable bonds is 6. The molecule has 140 valence electrons. The fourth-order valence-electron chi connectivity index (χ4n) is 2.37. The summed E-state index contributed by atoms with van der Waals surface area (Å²) in [5.74, 6) is 5.49. The molecule has 0 unspecified atom stereocenters. The van der Waals surface area contributed by atoms with Crippen molar-refractivity contribution in [3.63, 3.8) is 0 Å². The zero-order chi connectivity index (χ0) is 19.6. The molecule has 2 atom stereocenters. The van der Waals surface area contributed by atoms with Crippen LogP contribution in [0.3, 0.4) is 0 Å². The first-order valence-corrected chi connectivity index (χ1v) is 8.51. The lowest BCUT2D eigenvalue weighted by molar-refractivity contribution is -0.125. The highest BCUT2D eigenvalue weighted by molar-refractivity contribution is 5.89. The van der Waals surface area contributed by atoms with Gasteiger partial charge in [-0.25, -0.2) is 4.79 Å². The Morgan fingerprint density at radius 1 is 1.04 bits per heavy atom. The van der Waals surface area contributed by atoms with Gasteiger partial charge < -0.3 is 20.8 Å². The van der Waals surface area contributed by atoms with Crippen LogP contribution in [-0.4, -0.2) is 40.8 Å². The van der Waals surface area contributed by atoms with Crippen LogP contribution in [0.1, 0.15) is 23.6 Å². The van der Waals surface area contributed by atoms with Crippen LogP contribution < -0.4 is 10.6 Å². The van der Waals surface area contributed by atoms with E-state index in [0.717, 1.165) is 16.7 Å². The Morgan fingerprint density at radius 2 is 1.70 bits per heavy atom. The lowest BCUT2D eigenvalue weighted by Gasteiger charge is -2.19. The summed E-state index contributed by atoms with van der Waals surface area (Å²) >= 11 is 0. The van der Waals surface area contributed by atoms with Crippen LogP contribution in [0.2, 0.25) is 0 Å². The molecule has 2 aromatic carbocycles. The maximum Gasteiger partial charge on any atom is 0.315 e. The lowest BCUT2D eigenvalue weighted by atomic mass is 10.1. The Hall–Kier alpha value is -3.14. The number of aliphatic hydroxyl groups excluding tert-OH is 2. The van der Waals surface area contributed by atoms with Crippen molar-refractivity contribution in [3.8, 4) is 11.8 Å². The summed E-state index contributed by atoms with van der Waals surface area (Å²) < 4.78 is 0. The van der Waals surface area contributed by atoms with E-state index in [9.17, 15) is 14.7 Å². The first kappa shape index (κ1) is 20.2. The molecule has 2 amide bonds. The Morgan fingerprint density at radius 3 is 2.37 bits per heavy atom. The number of carbonyl (C=O) groups excluding carboxylic acids is 2. The Labute approximate surface area is 158 Å². The molecule has 2 aromatic rings. The second kappa shape index (κ2) is 10.1. The van der Waals surface area contributed by atoms with E-state index >= 15 is 0 Å². The molecule has 6 heteroatoms. The summed E-state index contributed by atoms with van der Waals surface area (Å²) in [6, 6.07) is 15.3. The molecule has 0 radical (unpaired) electrons. The molecular formula is C21H22N2O4. The van der Waals surface area contributed by atoms with E-state index in [0.29, 0.717) is 0 Å². The maximum absolute atomic E-state index is 12.0. The van der Waals surface area contributed by atoms with Crippen molar-refractivity contribution in [1.82, 2.24) is 10.6 Å². The second-order valence-electron chi connectivity index (χ2n) is 5.99. The molecule has 0 heterocycles. The van der Waals surface area contributed by atoms with Crippen LogP contribution in [0.25, 0.3) is 0 Å². The van der Waals surface area contributed by atoms with Crippen molar-refractivity contribution in [2.75, 3.05) is 6.61 Å². The molecule has 0 saturated heterocycles. The quantitative estimate of drug-likeness (QED) is 0.577. The van der Waals surface area contributed by atoms with Crippen molar-refractivity contribution in [1.29, 1.82) is 0 Å². The molecule has 4 N–H and O–H groups in total. The zero-order valence-electron chi connectivity index (χ0n) is 15.0. The summed E-state index contributed by atoms with van der Waals surface area (Å²) in [6.45, 7) is 0.845. The molecular weight excluding hydrogens is 344 g/mol. The van der Waals surface area contributed by atoms with Crippen LogP contribution in [0.4, 0.5) is 4.79 Å². The number of amides is 2. The third-order valence-electron chi connectivity index (χ3n) is 3.78. The summed E-state index contributed by atoms with van der Waals surface area (Å²) in [5, 5.41) is 23.4. The summed E-state index contributed by atoms with van der Waals surface area (Å²) in [4.78, 5) is 23.5. The number of Topliss-reactive ketones (excluding diaryl/α,β-unsaturated/α-hetero) is 1. The Kier molecular flexibility index (Phi) is 7.56. The number of aliphatic hydroxyl groups is 2. The number of hydrogen-bond acceptors (Lipinski definition) is 4. The molecule has 0 aromatic heterocycles. The van der Waals surface area contributed by atoms with E-state index in [1.54, 1.807) is 0 Å². The number of nitrogens with one attached hydrogen (secondary N) is 2. The number of carbonyl (C=O) groups is 2. The molecule has 27 heavy (non-hydrogen) atoms. The lowest BCUT2D eigenvalue weighted by Crippen LogP contribution is -2.51. The van der Waals surface area contributed by atoms with Gasteiger partial charge in [-0.05, 0) is 36.8 Å². The molecule has 0 bridgehead atoms.